The van der Waals surface area contributed by atoms with Crippen LogP contribution in [0.3, 0.4) is 0 Å². The molecule has 2 unspecified atom stereocenters. The fraction of sp³-hybridized carbons (Fsp3) is 0.208. The second kappa shape index (κ2) is 11.0. The molecule has 0 radical (unpaired) electrons. The highest BCUT2D eigenvalue weighted by Crippen LogP contribution is 2.54. The molecule has 3 aromatic rings. The monoisotopic (exact) mass is 454 g/mol. The quantitative estimate of drug-likeness (QED) is 0.277. The van der Waals surface area contributed by atoms with E-state index in [4.69, 9.17) is 21.3 Å². The molecule has 0 heterocycles. The zero-order valence-electron chi connectivity index (χ0n) is 17.6. The van der Waals surface area contributed by atoms with Crippen molar-refractivity contribution in [2.75, 3.05) is 5.32 Å². The average Bonchev–Trinajstić information content (AvgIpc) is 2.79. The highest BCUT2D eigenvalue weighted by Gasteiger charge is 2.43. The summed E-state index contributed by atoms with van der Waals surface area (Å²) in [4.78, 5) is 0. The molecule has 0 aliphatic rings. The molecule has 3 aromatic carbocycles. The molecule has 0 aliphatic carbocycles. The molecular formula is C24H27N2O3PS. The number of nitrogens with one attached hydrogen (secondary N) is 2. The lowest BCUT2D eigenvalue weighted by atomic mass is 10.1. The van der Waals surface area contributed by atoms with Gasteiger partial charge in [0.2, 0.25) is 0 Å². The van der Waals surface area contributed by atoms with E-state index in [-0.39, 0.29) is 5.92 Å². The summed E-state index contributed by atoms with van der Waals surface area (Å²) in [5.41, 5.74) is 0.839. The van der Waals surface area contributed by atoms with Gasteiger partial charge in [-0.2, -0.15) is 0 Å². The Hall–Kier alpha value is -2.82. The maximum absolute atomic E-state index is 14.2. The van der Waals surface area contributed by atoms with E-state index in [1.165, 1.54) is 0 Å². The molecule has 3 rings (SSSR count). The molecule has 2 atom stereocenters. The van der Waals surface area contributed by atoms with Gasteiger partial charge in [0, 0.05) is 5.69 Å². The van der Waals surface area contributed by atoms with Gasteiger partial charge in [0.15, 0.2) is 10.9 Å². The number of rotatable bonds is 9. The minimum absolute atomic E-state index is 0.0474. The number of anilines is 1. The first-order valence-electron chi connectivity index (χ1n) is 10.2. The van der Waals surface area contributed by atoms with Gasteiger partial charge in [-0.15, -0.1) is 0 Å². The molecule has 0 saturated carbocycles. The fourth-order valence-electron chi connectivity index (χ4n) is 2.97. The molecular weight excluding hydrogens is 427 g/mol. The van der Waals surface area contributed by atoms with Gasteiger partial charge in [0.25, 0.3) is 0 Å². The Morgan fingerprint density at radius 3 is 1.77 bits per heavy atom. The van der Waals surface area contributed by atoms with Crippen LogP contribution in [0.2, 0.25) is 0 Å². The Morgan fingerprint density at radius 1 is 0.871 bits per heavy atom. The topological polar surface area (TPSA) is 59.6 Å². The van der Waals surface area contributed by atoms with Crippen LogP contribution in [0.4, 0.5) is 5.69 Å². The maximum atomic E-state index is 14.2. The predicted octanol–water partition coefficient (Wildman–Crippen LogP) is 6.70. The summed E-state index contributed by atoms with van der Waals surface area (Å²) in [5, 5.41) is 6.70. The van der Waals surface area contributed by atoms with Gasteiger partial charge < -0.3 is 19.7 Å². The number of thiocarbonyl (C=S) groups is 1. The second-order valence-electron chi connectivity index (χ2n) is 7.14. The molecule has 0 bridgehead atoms. The summed E-state index contributed by atoms with van der Waals surface area (Å²) < 4.78 is 26.3. The molecule has 7 heteroatoms. The zero-order valence-corrected chi connectivity index (χ0v) is 19.3. The Kier molecular flexibility index (Phi) is 8.10. The van der Waals surface area contributed by atoms with Crippen molar-refractivity contribution in [3.63, 3.8) is 0 Å². The van der Waals surface area contributed by atoms with E-state index < -0.39 is 13.4 Å². The molecule has 5 nitrogen and oxygen atoms in total. The van der Waals surface area contributed by atoms with Gasteiger partial charge in [-0.3, -0.25) is 0 Å². The lowest BCUT2D eigenvalue weighted by Gasteiger charge is -2.32. The Balaban J connectivity index is 1.90. The van der Waals surface area contributed by atoms with Gasteiger partial charge in [-0.05, 0) is 54.5 Å². The second-order valence-corrected chi connectivity index (χ2v) is 9.55. The Labute approximate surface area is 189 Å². The van der Waals surface area contributed by atoms with E-state index in [9.17, 15) is 4.57 Å². The molecule has 31 heavy (non-hydrogen) atoms. The predicted molar refractivity (Wildman–Crippen MR) is 131 cm³/mol. The minimum Gasteiger partial charge on any atom is -0.415 e. The molecule has 2 N–H and O–H groups in total. The molecule has 0 fully saturated rings. The van der Waals surface area contributed by atoms with Crippen molar-refractivity contribution >= 4 is 30.6 Å². The van der Waals surface area contributed by atoms with E-state index in [2.05, 4.69) is 10.6 Å². The van der Waals surface area contributed by atoms with Gasteiger partial charge >= 0.3 is 7.60 Å². The average molecular weight is 455 g/mol. The Morgan fingerprint density at radius 2 is 1.32 bits per heavy atom. The van der Waals surface area contributed by atoms with Gasteiger partial charge in [0.05, 0.1) is 0 Å². The molecule has 0 aliphatic heterocycles. The number of para-hydroxylation sites is 3. The van der Waals surface area contributed by atoms with Crippen LogP contribution in [-0.4, -0.2) is 10.9 Å². The van der Waals surface area contributed by atoms with Crippen LogP contribution in [0, 0.1) is 5.92 Å². The van der Waals surface area contributed by atoms with Crippen molar-refractivity contribution < 1.29 is 13.6 Å². The summed E-state index contributed by atoms with van der Waals surface area (Å²) in [6.07, 6.45) is 0.756. The largest absolute Gasteiger partial charge is 0.453 e. The van der Waals surface area contributed by atoms with Crippen molar-refractivity contribution in [1.29, 1.82) is 0 Å². The maximum Gasteiger partial charge on any atom is 0.453 e. The molecule has 0 aromatic heterocycles. The summed E-state index contributed by atoms with van der Waals surface area (Å²) in [7, 11) is -3.74. The summed E-state index contributed by atoms with van der Waals surface area (Å²) in [6, 6.07) is 27.7. The van der Waals surface area contributed by atoms with Gasteiger partial charge in [-0.25, -0.2) is 4.57 Å². The summed E-state index contributed by atoms with van der Waals surface area (Å²) >= 11 is 5.52. The first kappa shape index (κ1) is 22.9. The van der Waals surface area contributed by atoms with Crippen molar-refractivity contribution in [3.8, 4) is 11.5 Å². The van der Waals surface area contributed by atoms with Gasteiger partial charge in [-0.1, -0.05) is 74.9 Å². The zero-order chi connectivity index (χ0) is 22.1. The van der Waals surface area contributed by atoms with E-state index in [1.807, 2.05) is 80.6 Å². The smallest absolute Gasteiger partial charge is 0.415 e. The van der Waals surface area contributed by atoms with E-state index >= 15 is 0 Å². The third-order valence-corrected chi connectivity index (χ3v) is 7.26. The number of benzene rings is 3. The normalized spacial score (nSPS) is 13.0. The number of hydrogen-bond donors (Lipinski definition) is 2. The minimum atomic E-state index is -3.74. The molecule has 0 amide bonds. The van der Waals surface area contributed by atoms with Crippen molar-refractivity contribution in [2.45, 2.75) is 26.1 Å². The van der Waals surface area contributed by atoms with Crippen LogP contribution in [-0.2, 0) is 4.57 Å². The van der Waals surface area contributed by atoms with Crippen LogP contribution in [0.15, 0.2) is 91.0 Å². The first-order chi connectivity index (χ1) is 15.0. The number of hydrogen-bond acceptors (Lipinski definition) is 4. The third kappa shape index (κ3) is 6.58. The van der Waals surface area contributed by atoms with Crippen LogP contribution in [0.1, 0.15) is 20.3 Å². The summed E-state index contributed by atoms with van der Waals surface area (Å²) in [6.45, 7) is 4.03. The van der Waals surface area contributed by atoms with Crippen molar-refractivity contribution in [1.82, 2.24) is 5.32 Å². The van der Waals surface area contributed by atoms with E-state index in [1.54, 1.807) is 24.3 Å². The van der Waals surface area contributed by atoms with Crippen LogP contribution in [0.25, 0.3) is 0 Å². The molecule has 0 spiro atoms. The third-order valence-electron chi connectivity index (χ3n) is 4.79. The van der Waals surface area contributed by atoms with Crippen molar-refractivity contribution in [2.24, 2.45) is 5.92 Å². The van der Waals surface area contributed by atoms with Crippen molar-refractivity contribution in [3.05, 3.63) is 91.0 Å². The van der Waals surface area contributed by atoms with Crippen LogP contribution < -0.4 is 19.7 Å². The Bertz CT molecular complexity index is 958. The lowest BCUT2D eigenvalue weighted by Crippen LogP contribution is -2.43. The SMILES string of the molecule is CCC(C)C(NC(=S)Nc1ccccc1)P(=O)(Oc1ccccc1)Oc1ccccc1. The van der Waals surface area contributed by atoms with E-state index in [0.717, 1.165) is 12.1 Å². The first-order valence-corrected chi connectivity index (χ1v) is 12.2. The summed E-state index contributed by atoms with van der Waals surface area (Å²) in [5.74, 6) is 0.230. The van der Waals surface area contributed by atoms with E-state index in [0.29, 0.717) is 16.6 Å². The lowest BCUT2D eigenvalue weighted by molar-refractivity contribution is 0.341. The highest BCUT2D eigenvalue weighted by atomic mass is 32.1. The van der Waals surface area contributed by atoms with Crippen LogP contribution >= 0.6 is 19.8 Å². The fourth-order valence-corrected chi connectivity index (χ4v) is 5.52. The molecule has 162 valence electrons. The highest BCUT2D eigenvalue weighted by molar-refractivity contribution is 7.80. The van der Waals surface area contributed by atoms with Gasteiger partial charge in [0.1, 0.15) is 11.5 Å². The van der Waals surface area contributed by atoms with Crippen LogP contribution in [0.5, 0.6) is 11.5 Å². The standard InChI is InChI=1S/C24H27N2O3PS/c1-3-19(2)23(26-24(31)25-20-13-7-4-8-14-20)30(27,28-21-15-9-5-10-16-21)29-22-17-11-6-12-18-22/h4-19,23H,3H2,1-2H3,(H2,25,26,31). The molecule has 0 saturated heterocycles.